The number of aromatic nitrogens is 2. The summed E-state index contributed by atoms with van der Waals surface area (Å²) in [5.41, 5.74) is -0.581. The maximum atomic E-state index is 13.5. The Hall–Kier alpha value is -2.70. The molecule has 0 aliphatic carbocycles. The third-order valence-electron chi connectivity index (χ3n) is 2.23. The molecule has 0 aliphatic heterocycles. The Labute approximate surface area is 100 Å². The van der Waals surface area contributed by atoms with Crippen molar-refractivity contribution in [2.45, 2.75) is 0 Å². The van der Waals surface area contributed by atoms with E-state index >= 15 is 0 Å². The fraction of sp³-hybridized carbons (Fsp3) is 0. The molecule has 1 aromatic carbocycles. The number of anilines is 1. The lowest BCUT2D eigenvalue weighted by Gasteiger charge is -2.08. The topological polar surface area (TPSA) is 95.1 Å². The minimum absolute atomic E-state index is 0.106. The predicted octanol–water partition coefficient (Wildman–Crippen LogP) is 1.50. The molecule has 0 unspecified atom stereocenters. The minimum atomic E-state index is -1.32. The lowest BCUT2D eigenvalue weighted by molar-refractivity contribution is 0.0697. The van der Waals surface area contributed by atoms with E-state index in [0.717, 1.165) is 6.07 Å². The number of amides is 1. The highest BCUT2D eigenvalue weighted by Gasteiger charge is 2.17. The number of rotatable bonds is 3. The summed E-state index contributed by atoms with van der Waals surface area (Å²) in [7, 11) is 0. The second-order valence-corrected chi connectivity index (χ2v) is 3.39. The van der Waals surface area contributed by atoms with E-state index in [9.17, 15) is 14.0 Å². The number of imidazole rings is 1. The Kier molecular flexibility index (Phi) is 3.05. The van der Waals surface area contributed by atoms with Gasteiger partial charge in [0.15, 0.2) is 0 Å². The van der Waals surface area contributed by atoms with E-state index < -0.39 is 17.7 Å². The lowest BCUT2D eigenvalue weighted by Crippen LogP contribution is -2.16. The van der Waals surface area contributed by atoms with Crippen molar-refractivity contribution in [1.82, 2.24) is 9.97 Å². The molecule has 0 bridgehead atoms. The van der Waals surface area contributed by atoms with Gasteiger partial charge < -0.3 is 15.4 Å². The van der Waals surface area contributed by atoms with Crippen LogP contribution in [0.1, 0.15) is 20.8 Å². The van der Waals surface area contributed by atoms with Crippen LogP contribution in [-0.4, -0.2) is 27.0 Å². The Morgan fingerprint density at radius 3 is 2.78 bits per heavy atom. The van der Waals surface area contributed by atoms with Gasteiger partial charge >= 0.3 is 5.97 Å². The zero-order valence-electron chi connectivity index (χ0n) is 8.98. The van der Waals surface area contributed by atoms with Gasteiger partial charge in [0.1, 0.15) is 11.5 Å². The first-order valence-corrected chi connectivity index (χ1v) is 4.91. The maximum Gasteiger partial charge on any atom is 0.337 e. The van der Waals surface area contributed by atoms with Gasteiger partial charge in [-0.05, 0) is 12.1 Å². The van der Waals surface area contributed by atoms with Crippen molar-refractivity contribution in [2.75, 3.05) is 5.32 Å². The van der Waals surface area contributed by atoms with Crippen LogP contribution >= 0.6 is 0 Å². The van der Waals surface area contributed by atoms with Gasteiger partial charge in [-0.25, -0.2) is 14.2 Å². The molecule has 0 spiro atoms. The molecular formula is C11H8FN3O3. The van der Waals surface area contributed by atoms with Crippen LogP contribution in [0.5, 0.6) is 0 Å². The second-order valence-electron chi connectivity index (χ2n) is 3.39. The predicted molar refractivity (Wildman–Crippen MR) is 59.9 cm³/mol. The average molecular weight is 249 g/mol. The summed E-state index contributed by atoms with van der Waals surface area (Å²) < 4.78 is 13.5. The monoisotopic (exact) mass is 249 g/mol. The van der Waals surface area contributed by atoms with Crippen LogP contribution in [0.25, 0.3) is 0 Å². The van der Waals surface area contributed by atoms with Crippen LogP contribution in [0.2, 0.25) is 0 Å². The highest BCUT2D eigenvalue weighted by molar-refractivity contribution is 6.06. The molecule has 6 nitrogen and oxygen atoms in total. The van der Waals surface area contributed by atoms with Gasteiger partial charge in [0, 0.05) is 0 Å². The molecule has 1 heterocycles. The molecule has 7 heteroatoms. The van der Waals surface area contributed by atoms with Crippen molar-refractivity contribution < 1.29 is 19.1 Å². The van der Waals surface area contributed by atoms with Crippen LogP contribution in [0.4, 0.5) is 10.1 Å². The standard InChI is InChI=1S/C11H8FN3O3/c12-7-3-1-2-6(11(17)18)9(7)15-10(16)8-4-13-5-14-8/h1-5H,(H,13,14)(H,15,16)(H,17,18). The normalized spacial score (nSPS) is 10.1. The lowest BCUT2D eigenvalue weighted by atomic mass is 10.1. The molecule has 0 fully saturated rings. The summed E-state index contributed by atoms with van der Waals surface area (Å²) in [4.78, 5) is 28.7. The van der Waals surface area contributed by atoms with Gasteiger partial charge in [-0.2, -0.15) is 0 Å². The Morgan fingerprint density at radius 2 is 2.17 bits per heavy atom. The number of carboxylic acids is 1. The number of para-hydroxylation sites is 1. The number of benzene rings is 1. The number of aromatic carboxylic acids is 1. The van der Waals surface area contributed by atoms with Gasteiger partial charge in [-0.1, -0.05) is 6.07 Å². The third kappa shape index (κ3) is 2.19. The first-order chi connectivity index (χ1) is 8.59. The van der Waals surface area contributed by atoms with Crippen LogP contribution in [0.15, 0.2) is 30.7 Å². The highest BCUT2D eigenvalue weighted by Crippen LogP contribution is 2.20. The van der Waals surface area contributed by atoms with Gasteiger partial charge in [-0.15, -0.1) is 0 Å². The summed E-state index contributed by atoms with van der Waals surface area (Å²) in [6.07, 6.45) is 2.53. The van der Waals surface area contributed by atoms with Gasteiger partial charge in [0.05, 0.1) is 23.8 Å². The maximum absolute atomic E-state index is 13.5. The third-order valence-corrected chi connectivity index (χ3v) is 2.23. The van der Waals surface area contributed by atoms with Crippen molar-refractivity contribution in [3.05, 3.63) is 47.8 Å². The van der Waals surface area contributed by atoms with E-state index in [-0.39, 0.29) is 16.9 Å². The number of aromatic amines is 1. The van der Waals surface area contributed by atoms with E-state index in [1.54, 1.807) is 0 Å². The Bertz CT molecular complexity index is 596. The summed E-state index contributed by atoms with van der Waals surface area (Å²) in [6, 6.07) is 3.52. The summed E-state index contributed by atoms with van der Waals surface area (Å²) in [5, 5.41) is 11.1. The van der Waals surface area contributed by atoms with Crippen molar-refractivity contribution >= 4 is 17.6 Å². The quantitative estimate of drug-likeness (QED) is 0.768. The van der Waals surface area contributed by atoms with E-state index in [1.807, 2.05) is 0 Å². The van der Waals surface area contributed by atoms with Crippen molar-refractivity contribution in [3.63, 3.8) is 0 Å². The zero-order valence-corrected chi connectivity index (χ0v) is 8.98. The van der Waals surface area contributed by atoms with E-state index in [4.69, 9.17) is 5.11 Å². The van der Waals surface area contributed by atoms with Crippen molar-refractivity contribution in [3.8, 4) is 0 Å². The molecule has 3 N–H and O–H groups in total. The summed E-state index contributed by atoms with van der Waals surface area (Å²) >= 11 is 0. The number of H-pyrrole nitrogens is 1. The van der Waals surface area contributed by atoms with Gasteiger partial charge in [0.2, 0.25) is 0 Å². The zero-order chi connectivity index (χ0) is 13.1. The Morgan fingerprint density at radius 1 is 1.39 bits per heavy atom. The molecule has 0 saturated carbocycles. The molecule has 0 saturated heterocycles. The number of carbonyl (C=O) groups is 2. The first-order valence-electron chi connectivity index (χ1n) is 4.91. The van der Waals surface area contributed by atoms with E-state index in [1.165, 1.54) is 24.7 Å². The number of carbonyl (C=O) groups excluding carboxylic acids is 1. The number of halogens is 1. The smallest absolute Gasteiger partial charge is 0.337 e. The number of carboxylic acid groups (broad SMARTS) is 1. The largest absolute Gasteiger partial charge is 0.478 e. The van der Waals surface area contributed by atoms with Gasteiger partial charge in [0.25, 0.3) is 5.91 Å². The summed E-state index contributed by atoms with van der Waals surface area (Å²) in [6.45, 7) is 0. The van der Waals surface area contributed by atoms with Crippen LogP contribution in [0, 0.1) is 5.82 Å². The molecule has 0 atom stereocenters. The fourth-order valence-corrected chi connectivity index (χ4v) is 1.39. The van der Waals surface area contributed by atoms with Crippen LogP contribution < -0.4 is 5.32 Å². The number of nitrogens with one attached hydrogen (secondary N) is 2. The molecule has 1 aromatic heterocycles. The molecule has 92 valence electrons. The number of hydrogen-bond donors (Lipinski definition) is 3. The minimum Gasteiger partial charge on any atom is -0.478 e. The highest BCUT2D eigenvalue weighted by atomic mass is 19.1. The average Bonchev–Trinajstić information content (AvgIpc) is 2.85. The molecular weight excluding hydrogens is 241 g/mol. The molecule has 18 heavy (non-hydrogen) atoms. The molecule has 2 rings (SSSR count). The molecule has 0 aliphatic rings. The summed E-state index contributed by atoms with van der Waals surface area (Å²) in [5.74, 6) is -2.81. The van der Waals surface area contributed by atoms with Crippen molar-refractivity contribution in [1.29, 1.82) is 0 Å². The first kappa shape index (κ1) is 11.8. The SMILES string of the molecule is O=C(Nc1c(F)cccc1C(=O)O)c1cnc[nH]1. The second kappa shape index (κ2) is 4.66. The van der Waals surface area contributed by atoms with Crippen LogP contribution in [-0.2, 0) is 0 Å². The van der Waals surface area contributed by atoms with Gasteiger partial charge in [-0.3, -0.25) is 4.79 Å². The van der Waals surface area contributed by atoms with E-state index in [2.05, 4.69) is 15.3 Å². The Balaban J connectivity index is 2.34. The van der Waals surface area contributed by atoms with E-state index in [0.29, 0.717) is 0 Å². The van der Waals surface area contributed by atoms with Crippen LogP contribution in [0.3, 0.4) is 0 Å². The van der Waals surface area contributed by atoms with Crippen molar-refractivity contribution in [2.24, 2.45) is 0 Å². The fourth-order valence-electron chi connectivity index (χ4n) is 1.39. The number of nitrogens with zero attached hydrogens (tertiary/aromatic N) is 1. The molecule has 1 amide bonds. The number of hydrogen-bond acceptors (Lipinski definition) is 3. The molecule has 0 radical (unpaired) electrons. The molecule has 2 aromatic rings.